The Morgan fingerprint density at radius 1 is 0.921 bits per heavy atom. The molecule has 2 rings (SSSR count). The Morgan fingerprint density at radius 3 is 1.92 bits per heavy atom. The van der Waals surface area contributed by atoms with E-state index < -0.39 is 43.9 Å². The van der Waals surface area contributed by atoms with Crippen molar-refractivity contribution >= 4 is 41.0 Å². The highest BCUT2D eigenvalue weighted by Crippen LogP contribution is 2.23. The van der Waals surface area contributed by atoms with Gasteiger partial charge in [0, 0.05) is 42.8 Å². The summed E-state index contributed by atoms with van der Waals surface area (Å²) in [7, 11) is 1.38. The van der Waals surface area contributed by atoms with Gasteiger partial charge in [0.1, 0.15) is 0 Å². The molecule has 0 amide bonds. The zero-order valence-electron chi connectivity index (χ0n) is 19.2. The van der Waals surface area contributed by atoms with E-state index in [0.29, 0.717) is 6.08 Å². The second-order valence-electron chi connectivity index (χ2n) is 6.97. The fourth-order valence-electron chi connectivity index (χ4n) is 2.54. The Labute approximate surface area is 216 Å². The molecule has 0 heterocycles. The highest BCUT2D eigenvalue weighted by atomic mass is 35.5. The molecule has 0 spiro atoms. The maximum atomic E-state index is 12.1. The molecule has 0 radical (unpaired) electrons. The summed E-state index contributed by atoms with van der Waals surface area (Å²) >= 11 is 5.57. The third-order valence-electron chi connectivity index (χ3n) is 4.24. The minimum Gasteiger partial charge on any atom is -0.384 e. The van der Waals surface area contributed by atoms with E-state index in [1.807, 2.05) is 0 Å². The molecule has 0 aliphatic carbocycles. The first-order valence-electron chi connectivity index (χ1n) is 10.0. The molecule has 0 saturated heterocycles. The summed E-state index contributed by atoms with van der Waals surface area (Å²) in [5.74, 6) is -3.20. The fraction of sp³-hybridized carbons (Fsp3) is 0.182. The number of nitro groups is 3. The van der Waals surface area contributed by atoms with Gasteiger partial charge in [-0.2, -0.15) is 13.2 Å². The van der Waals surface area contributed by atoms with Crippen molar-refractivity contribution in [1.29, 1.82) is 0 Å². The first kappa shape index (κ1) is 31.5. The number of ether oxygens (including phenoxy) is 1. The van der Waals surface area contributed by atoms with Crippen molar-refractivity contribution in [2.45, 2.75) is 12.6 Å². The number of non-ortho nitro benzene ring substituents is 1. The normalized spacial score (nSPS) is 11.7. The summed E-state index contributed by atoms with van der Waals surface area (Å²) in [6.07, 6.45) is -3.87. The van der Waals surface area contributed by atoms with Gasteiger partial charge in [-0.15, -0.1) is 0 Å². The number of hydrogen-bond acceptors (Lipinski definition) is 9. The van der Waals surface area contributed by atoms with Crippen molar-refractivity contribution in [3.05, 3.63) is 106 Å². The van der Waals surface area contributed by atoms with E-state index in [1.165, 1.54) is 49.6 Å². The van der Waals surface area contributed by atoms with Gasteiger partial charge < -0.3 is 4.74 Å². The van der Waals surface area contributed by atoms with Crippen LogP contribution in [0.25, 0.3) is 12.2 Å². The van der Waals surface area contributed by atoms with Gasteiger partial charge in [0.25, 0.3) is 5.69 Å². The predicted molar refractivity (Wildman–Crippen MR) is 127 cm³/mol. The number of methoxy groups -OCH3 is 1. The Morgan fingerprint density at radius 2 is 1.45 bits per heavy atom. The van der Waals surface area contributed by atoms with Crippen LogP contribution in [0.1, 0.15) is 17.5 Å². The number of allylic oxidation sites excluding steroid dienone is 2. The number of Topliss-reactive ketones (excluding diaryl/α,β-unsaturated/α-hetero) is 2. The fourth-order valence-corrected chi connectivity index (χ4v) is 2.74. The summed E-state index contributed by atoms with van der Waals surface area (Å²) in [4.78, 5) is 51.6. The van der Waals surface area contributed by atoms with Crippen LogP contribution in [0, 0.1) is 30.3 Å². The summed E-state index contributed by atoms with van der Waals surface area (Å²) in [5, 5.41) is 32.1. The average molecular weight is 560 g/mol. The van der Waals surface area contributed by atoms with Crippen LogP contribution in [-0.2, 0) is 14.3 Å². The van der Waals surface area contributed by atoms with Crippen LogP contribution in [0.15, 0.2) is 59.9 Å². The van der Waals surface area contributed by atoms with Crippen molar-refractivity contribution in [3.63, 3.8) is 0 Å². The number of nitro benzene ring substituents is 1. The molecule has 16 heteroatoms. The topological polar surface area (TPSA) is 173 Å². The summed E-state index contributed by atoms with van der Waals surface area (Å²) in [5.41, 5.74) is -2.12. The number of carbonyl (C=O) groups is 2. The van der Waals surface area contributed by atoms with Gasteiger partial charge in [-0.25, -0.2) is 0 Å². The third kappa shape index (κ3) is 10.2. The molecule has 0 atom stereocenters. The second kappa shape index (κ2) is 14.3. The molecule has 2 aromatic rings. The van der Waals surface area contributed by atoms with Crippen molar-refractivity contribution in [1.82, 2.24) is 0 Å². The minimum atomic E-state index is -5.29. The lowest BCUT2D eigenvalue weighted by atomic mass is 10.1. The van der Waals surface area contributed by atoms with Crippen LogP contribution in [0.2, 0.25) is 5.02 Å². The zero-order valence-corrected chi connectivity index (χ0v) is 20.0. The van der Waals surface area contributed by atoms with Gasteiger partial charge in [-0.1, -0.05) is 35.9 Å². The van der Waals surface area contributed by atoms with E-state index in [4.69, 9.17) is 11.6 Å². The van der Waals surface area contributed by atoms with Crippen molar-refractivity contribution in [2.24, 2.45) is 0 Å². The van der Waals surface area contributed by atoms with Gasteiger partial charge in [-0.05, 0) is 23.3 Å². The monoisotopic (exact) mass is 559 g/mol. The van der Waals surface area contributed by atoms with Crippen molar-refractivity contribution in [3.8, 4) is 0 Å². The molecule has 0 fully saturated rings. The van der Waals surface area contributed by atoms with Gasteiger partial charge in [0.2, 0.25) is 5.78 Å². The summed E-state index contributed by atoms with van der Waals surface area (Å²) in [6, 6.07) is 10.6. The van der Waals surface area contributed by atoms with Crippen LogP contribution in [-0.4, -0.2) is 46.2 Å². The maximum Gasteiger partial charge on any atom is 0.461 e. The smallest absolute Gasteiger partial charge is 0.384 e. The van der Waals surface area contributed by atoms with Gasteiger partial charge in [0.15, 0.2) is 0 Å². The highest BCUT2D eigenvalue weighted by Gasteiger charge is 2.46. The van der Waals surface area contributed by atoms with E-state index in [0.717, 1.165) is 12.1 Å². The highest BCUT2D eigenvalue weighted by molar-refractivity contribution is 6.30. The lowest BCUT2D eigenvalue weighted by molar-refractivity contribution is -0.419. The number of nitrogens with zero attached hydrogens (tertiary/aromatic N) is 3. The number of hydrogen-bond donors (Lipinski definition) is 0. The lowest BCUT2D eigenvalue weighted by Gasteiger charge is -2.02. The number of ketones is 2. The molecule has 2 aromatic carbocycles. The number of halogens is 4. The Hall–Kier alpha value is -4.50. The minimum absolute atomic E-state index is 0.0341. The van der Waals surface area contributed by atoms with Gasteiger partial charge in [-0.3, -0.25) is 39.9 Å². The van der Waals surface area contributed by atoms with Crippen LogP contribution in [0.3, 0.4) is 0 Å². The van der Waals surface area contributed by atoms with Crippen LogP contribution < -0.4 is 0 Å². The molecule has 0 N–H and O–H groups in total. The Bertz CT molecular complexity index is 1290. The molecule has 0 unspecified atom stereocenters. The third-order valence-corrected chi connectivity index (χ3v) is 4.47. The second-order valence-corrected chi connectivity index (χ2v) is 7.41. The maximum absolute atomic E-state index is 12.1. The molecular formula is C22H17ClF3N3O9. The van der Waals surface area contributed by atoms with Crippen molar-refractivity contribution in [2.75, 3.05) is 13.7 Å². The molecular weight excluding hydrogens is 543 g/mol. The zero-order chi connectivity index (χ0) is 29.0. The Balaban J connectivity index is 0.000000382. The predicted octanol–water partition coefficient (Wildman–Crippen LogP) is 4.91. The van der Waals surface area contributed by atoms with E-state index in [1.54, 1.807) is 0 Å². The van der Waals surface area contributed by atoms with Crippen molar-refractivity contribution < 1.29 is 42.3 Å². The summed E-state index contributed by atoms with van der Waals surface area (Å²) < 4.78 is 41.0. The number of benzene rings is 2. The molecule has 202 valence electrons. The number of rotatable bonds is 10. The quantitative estimate of drug-likeness (QED) is 0.222. The van der Waals surface area contributed by atoms with Gasteiger partial charge >= 0.3 is 23.4 Å². The Kier molecular flexibility index (Phi) is 11.9. The van der Waals surface area contributed by atoms with E-state index >= 15 is 0 Å². The number of alkyl halides is 3. The first-order chi connectivity index (χ1) is 17.7. The number of carbonyl (C=O) groups excluding carboxylic acids is 2. The van der Waals surface area contributed by atoms with E-state index in [9.17, 15) is 53.1 Å². The van der Waals surface area contributed by atoms with Crippen LogP contribution in [0.5, 0.6) is 0 Å². The molecule has 0 saturated carbocycles. The van der Waals surface area contributed by atoms with Gasteiger partial charge in [0.05, 0.1) is 21.4 Å². The standard InChI is InChI=1S/C12H12N2O6.C10H5ClF3NO3/c1-20-6-5-12(15)11(14(18)19)8-9-3-2-4-10(7-9)13(16)17;11-7-3-1-2-6(4-7)5-8(15(17)18)9(16)10(12,13)14/h2-4,7-8H,5-6H2,1H3;1-5H. The molecule has 38 heavy (non-hydrogen) atoms. The van der Waals surface area contributed by atoms with Crippen LogP contribution >= 0.6 is 11.6 Å². The molecule has 0 aliphatic heterocycles. The largest absolute Gasteiger partial charge is 0.461 e. The van der Waals surface area contributed by atoms with Crippen LogP contribution in [0.4, 0.5) is 18.9 Å². The van der Waals surface area contributed by atoms with E-state index in [2.05, 4.69) is 4.74 Å². The first-order valence-corrected chi connectivity index (χ1v) is 10.4. The summed E-state index contributed by atoms with van der Waals surface area (Å²) in [6.45, 7) is 0.0684. The molecule has 0 bridgehead atoms. The lowest BCUT2D eigenvalue weighted by Crippen LogP contribution is -2.27. The van der Waals surface area contributed by atoms with E-state index in [-0.39, 0.29) is 34.9 Å². The molecule has 12 nitrogen and oxygen atoms in total. The SMILES string of the molecule is COCCC(=O)C(=Cc1cccc([N+](=O)[O-])c1)[N+](=O)[O-].O=C(C(=Cc1cccc(Cl)c1)[N+](=O)[O-])C(F)(F)F. The molecule has 0 aromatic heterocycles. The molecule has 0 aliphatic rings. The average Bonchev–Trinajstić information content (AvgIpc) is 2.83.